The molecule has 6 rings (SSSR count). The number of rotatable bonds is 7. The molecule has 3 unspecified atom stereocenters. The quantitative estimate of drug-likeness (QED) is 0.230. The van der Waals surface area contributed by atoms with E-state index in [-0.39, 0.29) is 11.5 Å². The molecule has 46 heavy (non-hydrogen) atoms. The summed E-state index contributed by atoms with van der Waals surface area (Å²) in [6.07, 6.45) is 8.69. The fourth-order valence-electron chi connectivity index (χ4n) is 7.27. The van der Waals surface area contributed by atoms with E-state index in [0.29, 0.717) is 36.1 Å². The van der Waals surface area contributed by atoms with Crippen LogP contribution in [0.25, 0.3) is 0 Å². The number of pyridine rings is 1. The average Bonchev–Trinajstić information content (AvgIpc) is 3.56. The Balaban J connectivity index is 0.000000334. The Labute approximate surface area is 275 Å². The van der Waals surface area contributed by atoms with Gasteiger partial charge in [0.2, 0.25) is 0 Å². The van der Waals surface area contributed by atoms with E-state index in [1.54, 1.807) is 6.20 Å². The van der Waals surface area contributed by atoms with Gasteiger partial charge in [-0.2, -0.15) is 5.26 Å². The van der Waals surface area contributed by atoms with Gasteiger partial charge < -0.3 is 16.8 Å². The van der Waals surface area contributed by atoms with Gasteiger partial charge in [0, 0.05) is 48.1 Å². The number of aromatic nitrogens is 3. The smallest absolute Gasteiger partial charge is 0.133 e. The minimum absolute atomic E-state index is 0.205. The van der Waals surface area contributed by atoms with E-state index < -0.39 is 6.17 Å². The van der Waals surface area contributed by atoms with Crippen LogP contribution in [0.3, 0.4) is 0 Å². The van der Waals surface area contributed by atoms with Crippen molar-refractivity contribution in [2.45, 2.75) is 123 Å². The molecule has 1 aliphatic carbocycles. The number of nitrogens with two attached hydrogens (primary N) is 2. The first kappa shape index (κ1) is 35.1. The molecule has 0 saturated carbocycles. The summed E-state index contributed by atoms with van der Waals surface area (Å²) in [6.45, 7) is 15.0. The molecule has 8 nitrogen and oxygen atoms in total. The second-order valence-electron chi connectivity index (χ2n) is 12.9. The molecule has 0 spiro atoms. The lowest BCUT2D eigenvalue weighted by atomic mass is 9.76. The lowest BCUT2D eigenvalue weighted by Crippen LogP contribution is -2.34. The molecule has 0 radical (unpaired) electrons. The Morgan fingerprint density at radius 3 is 2.65 bits per heavy atom. The van der Waals surface area contributed by atoms with Crippen LogP contribution in [0.5, 0.6) is 0 Å². The molecular formula is C37H53FN8. The number of hydrogen-bond acceptors (Lipinski definition) is 8. The van der Waals surface area contributed by atoms with E-state index in [9.17, 15) is 9.65 Å². The Bertz CT molecular complexity index is 1520. The number of nitrogens with zero attached hydrogens (tertiary/aromatic N) is 5. The summed E-state index contributed by atoms with van der Waals surface area (Å²) >= 11 is 0. The summed E-state index contributed by atoms with van der Waals surface area (Å²) < 4.78 is 12.8. The number of benzene rings is 1. The van der Waals surface area contributed by atoms with E-state index in [4.69, 9.17) is 21.4 Å². The maximum atomic E-state index is 12.8. The molecule has 9 heteroatoms. The standard InChI is InChI=1S/C27H33N7.C8H14FN.C2H6/c1-4-16(3)19-10-11-22(29)21(14-28)25(19)17-8-9-20-23(13-17)33-24(5-2)34-27(20)32-15-18-7-6-12-31-26(18)30;1-8-3-2-4-10(8)6-7(9)5-8;1-2/h6-7,10-12,16-17H,4-5,8-9,13,15,29H2,1-3H3,(H2,30,31)(H,32,33,34);7H,2-6H2,1H3;1-2H3/t16-,17?;;/m0../s1. The predicted octanol–water partition coefficient (Wildman–Crippen LogP) is 7.48. The number of nitrogen functional groups attached to an aromatic ring is 2. The van der Waals surface area contributed by atoms with Crippen molar-refractivity contribution < 1.29 is 4.39 Å². The van der Waals surface area contributed by atoms with E-state index in [2.05, 4.69) is 55.0 Å². The molecule has 3 aromatic rings. The molecule has 5 N–H and O–H groups in total. The van der Waals surface area contributed by atoms with Crippen LogP contribution in [0, 0.1) is 11.3 Å². The molecule has 3 aliphatic rings. The highest BCUT2D eigenvalue weighted by molar-refractivity contribution is 5.62. The summed E-state index contributed by atoms with van der Waals surface area (Å²) in [6, 6.07) is 10.2. The van der Waals surface area contributed by atoms with E-state index in [1.807, 2.05) is 32.0 Å². The molecule has 0 amide bonds. The molecule has 2 fully saturated rings. The van der Waals surface area contributed by atoms with Crippen LogP contribution in [0.2, 0.25) is 0 Å². The first-order chi connectivity index (χ1) is 22.2. The fourth-order valence-corrected chi connectivity index (χ4v) is 7.27. The maximum absolute atomic E-state index is 12.8. The molecule has 1 aromatic carbocycles. The first-order valence-corrected chi connectivity index (χ1v) is 17.2. The van der Waals surface area contributed by atoms with Gasteiger partial charge >= 0.3 is 0 Å². The summed E-state index contributed by atoms with van der Waals surface area (Å²) in [5.41, 5.74) is 19.2. The number of hydrogen-bond donors (Lipinski definition) is 3. The highest BCUT2D eigenvalue weighted by Crippen LogP contribution is 2.41. The number of fused-ring (bicyclic) bond motifs is 2. The fraction of sp³-hybridized carbons (Fsp3) is 0.568. The minimum atomic E-state index is -0.551. The third kappa shape index (κ3) is 7.60. The van der Waals surface area contributed by atoms with Crippen LogP contribution >= 0.6 is 0 Å². The molecular weight excluding hydrogens is 575 g/mol. The SMILES string of the molecule is CC.CC12CCCN1CC(F)C2.CCc1nc2c(c(NCc3cccnc3N)n1)CCC(c1c([C@@H](C)CC)ccc(N)c1C#N)C2. The maximum Gasteiger partial charge on any atom is 0.133 e. The molecule has 4 heterocycles. The summed E-state index contributed by atoms with van der Waals surface area (Å²) in [5.74, 6) is 2.78. The molecule has 2 aromatic heterocycles. The Morgan fingerprint density at radius 1 is 1.20 bits per heavy atom. The van der Waals surface area contributed by atoms with E-state index in [0.717, 1.165) is 79.1 Å². The monoisotopic (exact) mass is 628 g/mol. The van der Waals surface area contributed by atoms with Gasteiger partial charge in [-0.05, 0) is 93.5 Å². The van der Waals surface area contributed by atoms with Gasteiger partial charge in [0.1, 0.15) is 29.7 Å². The van der Waals surface area contributed by atoms with Crippen molar-refractivity contribution in [3.63, 3.8) is 0 Å². The second-order valence-corrected chi connectivity index (χ2v) is 12.9. The third-order valence-electron chi connectivity index (χ3n) is 9.97. The number of anilines is 3. The lowest BCUT2D eigenvalue weighted by molar-refractivity contribution is 0.217. The van der Waals surface area contributed by atoms with Crippen molar-refractivity contribution in [1.82, 2.24) is 19.9 Å². The van der Waals surface area contributed by atoms with Crippen LogP contribution in [0.15, 0.2) is 30.5 Å². The lowest BCUT2D eigenvalue weighted by Gasteiger charge is -2.30. The number of halogens is 1. The minimum Gasteiger partial charge on any atom is -0.398 e. The van der Waals surface area contributed by atoms with E-state index in [1.165, 1.54) is 18.4 Å². The summed E-state index contributed by atoms with van der Waals surface area (Å²) in [5, 5.41) is 13.4. The first-order valence-electron chi connectivity index (χ1n) is 17.2. The van der Waals surface area contributed by atoms with Crippen molar-refractivity contribution in [1.29, 1.82) is 5.26 Å². The zero-order valence-electron chi connectivity index (χ0n) is 28.7. The molecule has 4 atom stereocenters. The molecule has 0 bridgehead atoms. The number of nitriles is 1. The van der Waals surface area contributed by atoms with Crippen molar-refractivity contribution in [3.05, 3.63) is 69.8 Å². The molecule has 248 valence electrons. The summed E-state index contributed by atoms with van der Waals surface area (Å²) in [7, 11) is 0. The highest BCUT2D eigenvalue weighted by atomic mass is 19.1. The topological polar surface area (TPSA) is 130 Å². The van der Waals surface area contributed by atoms with Gasteiger partial charge in [0.15, 0.2) is 0 Å². The normalized spacial score (nSPS) is 22.3. The van der Waals surface area contributed by atoms with E-state index >= 15 is 0 Å². The third-order valence-corrected chi connectivity index (χ3v) is 9.97. The van der Waals surface area contributed by atoms with Crippen LogP contribution in [0.1, 0.15) is 125 Å². The largest absolute Gasteiger partial charge is 0.398 e. The Morgan fingerprint density at radius 2 is 1.98 bits per heavy atom. The predicted molar refractivity (Wildman–Crippen MR) is 187 cm³/mol. The zero-order chi connectivity index (χ0) is 33.4. The number of aryl methyl sites for hydroxylation is 1. The van der Waals surface area contributed by atoms with Gasteiger partial charge in [-0.15, -0.1) is 0 Å². The van der Waals surface area contributed by atoms with Crippen LogP contribution in [-0.4, -0.2) is 44.7 Å². The second kappa shape index (κ2) is 15.7. The highest BCUT2D eigenvalue weighted by Gasteiger charge is 2.44. The zero-order valence-corrected chi connectivity index (χ0v) is 28.7. The van der Waals surface area contributed by atoms with Crippen molar-refractivity contribution in [2.75, 3.05) is 29.9 Å². The van der Waals surface area contributed by atoms with Gasteiger partial charge in [-0.3, -0.25) is 4.90 Å². The molecule has 2 saturated heterocycles. The van der Waals surface area contributed by atoms with Crippen LogP contribution in [-0.2, 0) is 25.8 Å². The Hall–Kier alpha value is -3.77. The number of nitrogens with one attached hydrogen (secondary N) is 1. The molecule has 2 aliphatic heterocycles. The van der Waals surface area contributed by atoms with Crippen molar-refractivity contribution >= 4 is 17.3 Å². The average molecular weight is 629 g/mol. The summed E-state index contributed by atoms with van der Waals surface area (Å²) in [4.78, 5) is 16.2. The van der Waals surface area contributed by atoms with Crippen LogP contribution < -0.4 is 16.8 Å². The van der Waals surface area contributed by atoms with Gasteiger partial charge in [-0.25, -0.2) is 19.3 Å². The van der Waals surface area contributed by atoms with Gasteiger partial charge in [0.25, 0.3) is 0 Å². The van der Waals surface area contributed by atoms with Crippen molar-refractivity contribution in [2.24, 2.45) is 0 Å². The van der Waals surface area contributed by atoms with Gasteiger partial charge in [0.05, 0.1) is 11.3 Å². The van der Waals surface area contributed by atoms with Crippen molar-refractivity contribution in [3.8, 4) is 6.07 Å². The van der Waals surface area contributed by atoms with Gasteiger partial charge in [-0.1, -0.05) is 46.8 Å². The van der Waals surface area contributed by atoms with Crippen LogP contribution in [0.4, 0.5) is 21.7 Å². The number of alkyl halides is 1. The Kier molecular flexibility index (Phi) is 12.0.